The van der Waals surface area contributed by atoms with Crippen molar-refractivity contribution in [2.75, 3.05) is 9.80 Å². The van der Waals surface area contributed by atoms with Crippen LogP contribution in [0.4, 0.5) is 34.1 Å². The Hall–Kier alpha value is -19.7. The van der Waals surface area contributed by atoms with Gasteiger partial charge in [0.1, 0.15) is 22.3 Å². The van der Waals surface area contributed by atoms with E-state index in [4.69, 9.17) is 8.83 Å². The maximum atomic E-state index is 6.22. The maximum absolute atomic E-state index is 6.22. The molecule has 0 aliphatic rings. The minimum absolute atomic E-state index is 0.905. The molecule has 0 bridgehead atoms. The minimum Gasteiger partial charge on any atom is -0.456 e. The Morgan fingerprint density at radius 1 is 0.135 bits per heavy atom. The molecular weight excluding hydrogens is 1790 g/mol. The summed E-state index contributed by atoms with van der Waals surface area (Å²) in [7, 11) is 0. The van der Waals surface area contributed by atoms with Crippen LogP contribution in [0.25, 0.3) is 232 Å². The van der Waals surface area contributed by atoms with Gasteiger partial charge in [0.15, 0.2) is 0 Å². The van der Waals surface area contributed by atoms with Crippen LogP contribution >= 0.6 is 0 Å². The Kier molecular flexibility index (Phi) is 22.2. The summed E-state index contributed by atoms with van der Waals surface area (Å²) in [5, 5.41) is 12.1. The van der Waals surface area contributed by atoms with Crippen LogP contribution in [-0.4, -0.2) is 9.13 Å². The smallest absolute Gasteiger partial charge is 0.136 e. The van der Waals surface area contributed by atoms with Gasteiger partial charge in [0.2, 0.25) is 0 Å². The third kappa shape index (κ3) is 16.5. The summed E-state index contributed by atoms with van der Waals surface area (Å²) < 4.78 is 17.2. The molecule has 0 N–H and O–H groups in total. The predicted molar refractivity (Wildman–Crippen MR) is 623 cm³/mol. The Balaban J connectivity index is 0.000000146. The van der Waals surface area contributed by atoms with Gasteiger partial charge in [-0.15, -0.1) is 0 Å². The van der Waals surface area contributed by atoms with Gasteiger partial charge in [0.05, 0.1) is 27.8 Å². The van der Waals surface area contributed by atoms with Gasteiger partial charge in [0.25, 0.3) is 0 Å². The van der Waals surface area contributed by atoms with Gasteiger partial charge in [-0.2, -0.15) is 0 Å². The fourth-order valence-corrected chi connectivity index (χ4v) is 21.9. The lowest BCUT2D eigenvalue weighted by molar-refractivity contribution is 0.668. The number of hydrogen-bond acceptors (Lipinski definition) is 4. The highest BCUT2D eigenvalue weighted by Gasteiger charge is 2.23. The van der Waals surface area contributed by atoms with E-state index in [1.54, 1.807) is 0 Å². The standard InChI is InChI=1S/C72H48N2O.C70H46N2O/c1-2-13-49(14-3-1)50-33-35-57(36-34-50)63-17-4-8-21-68(63)73(61-44-39-54(40-45-61)52-27-31-56(32-28-52)59-41-46-67-66-20-7-11-24-71(66)75-72(67)48-59)60-42-37-53(38-43-60)51-25-29-55(30-26-51)58-15-12-16-62(47-58)74-69-22-9-5-18-64(69)65-19-6-10-23-70(65)74;1-2-11-55-44-57(29-28-47(55)10-1)54-34-41-61(42-35-54)71(60-39-32-51(33-40-60)49-22-26-53(27-23-49)58-36-43-66-65-16-5-8-19-69(65)73-70(66)46-58)59-37-30-50(31-38-59)48-20-24-52(25-21-48)56-12-9-13-62(45-56)72-67-17-6-3-14-63(67)64-15-4-7-18-68(64)72/h1-48H;1-46H. The molecular formula is C142H94N4O2. The van der Waals surface area contributed by atoms with Crippen LogP contribution in [0.3, 0.4) is 0 Å². The zero-order valence-corrected chi connectivity index (χ0v) is 80.9. The first-order valence-electron chi connectivity index (χ1n) is 50.6. The Morgan fingerprint density at radius 2 is 0.378 bits per heavy atom. The van der Waals surface area contributed by atoms with Crippen molar-refractivity contribution >= 4 is 132 Å². The largest absolute Gasteiger partial charge is 0.456 e. The summed E-state index contributed by atoms with van der Waals surface area (Å²) in [5.41, 5.74) is 43.0. The summed E-state index contributed by atoms with van der Waals surface area (Å²) >= 11 is 0. The van der Waals surface area contributed by atoms with Crippen molar-refractivity contribution in [3.05, 3.63) is 570 Å². The summed E-state index contributed by atoms with van der Waals surface area (Å²) in [6.45, 7) is 0. The first kappa shape index (κ1) is 87.4. The quantitative estimate of drug-likeness (QED) is 0.0809. The van der Waals surface area contributed by atoms with Gasteiger partial charge >= 0.3 is 0 Å². The minimum atomic E-state index is 0.905. The van der Waals surface area contributed by atoms with Crippen molar-refractivity contribution in [2.24, 2.45) is 0 Å². The molecule has 28 aromatic rings. The van der Waals surface area contributed by atoms with Crippen LogP contribution in [-0.2, 0) is 0 Å². The molecule has 0 aliphatic heterocycles. The number of furan rings is 2. The molecule has 0 unspecified atom stereocenters. The molecule has 6 heteroatoms. The van der Waals surface area contributed by atoms with Gasteiger partial charge in [-0.1, -0.05) is 413 Å². The maximum Gasteiger partial charge on any atom is 0.136 e. The Labute approximate surface area is 858 Å². The van der Waals surface area contributed by atoms with Crippen molar-refractivity contribution in [3.63, 3.8) is 0 Å². The predicted octanol–water partition coefficient (Wildman–Crippen LogP) is 39.8. The van der Waals surface area contributed by atoms with Gasteiger partial charge < -0.3 is 27.8 Å². The van der Waals surface area contributed by atoms with Gasteiger partial charge in [0, 0.05) is 88.5 Å². The van der Waals surface area contributed by atoms with E-state index < -0.39 is 0 Å². The number of para-hydroxylation sites is 7. The van der Waals surface area contributed by atoms with Crippen LogP contribution < -0.4 is 9.80 Å². The zero-order valence-electron chi connectivity index (χ0n) is 80.9. The van der Waals surface area contributed by atoms with Crippen LogP contribution in [0.15, 0.2) is 579 Å². The Morgan fingerprint density at radius 3 is 0.750 bits per heavy atom. The van der Waals surface area contributed by atoms with Crippen molar-refractivity contribution in [2.45, 2.75) is 0 Å². The summed E-state index contributed by atoms with van der Waals surface area (Å²) in [4.78, 5) is 4.74. The van der Waals surface area contributed by atoms with Crippen LogP contribution in [0.2, 0.25) is 0 Å². The SMILES string of the molecule is c1cc(-c2ccc(-c3ccc(N(c4ccc(-c5ccc(-c6ccc7c(c6)oc6ccccc67)cc5)cc4)c4ccc(-c5ccc6ccccc6c5)cc4)cc3)cc2)cc(-n2c3ccccc3c3ccccc32)c1.c1ccc(-c2ccc(-c3ccccc3N(c3ccc(-c4ccc(-c5cccc(-n6c7ccccc7c7ccccc76)c5)cc4)cc3)c3ccc(-c4ccc(-c5ccc6c(c5)oc5ccccc56)cc4)cc3)cc2)cc1. The number of nitrogens with zero attached hydrogens (tertiary/aromatic N) is 4. The number of hydrogen-bond donors (Lipinski definition) is 0. The zero-order chi connectivity index (χ0) is 97.9. The first-order chi connectivity index (χ1) is 73.3. The number of rotatable bonds is 19. The van der Waals surface area contributed by atoms with E-state index >= 15 is 0 Å². The average Bonchev–Trinajstić information content (AvgIpc) is 1.60. The van der Waals surface area contributed by atoms with Crippen LogP contribution in [0.5, 0.6) is 0 Å². The molecule has 148 heavy (non-hydrogen) atoms. The second kappa shape index (κ2) is 37.7. The molecule has 6 nitrogen and oxygen atoms in total. The summed E-state index contributed by atoms with van der Waals surface area (Å²) in [5.74, 6) is 0. The van der Waals surface area contributed by atoms with Crippen LogP contribution in [0, 0.1) is 0 Å². The van der Waals surface area contributed by atoms with Gasteiger partial charge in [-0.05, 0) is 285 Å². The van der Waals surface area contributed by atoms with E-state index in [1.165, 1.54) is 110 Å². The molecule has 0 saturated heterocycles. The van der Waals surface area contributed by atoms with E-state index in [1.807, 2.05) is 24.3 Å². The molecule has 28 rings (SSSR count). The van der Waals surface area contributed by atoms with Crippen molar-refractivity contribution < 1.29 is 8.83 Å². The summed E-state index contributed by atoms with van der Waals surface area (Å²) in [6.07, 6.45) is 0. The summed E-state index contributed by atoms with van der Waals surface area (Å²) in [6, 6.07) is 206. The number of aromatic nitrogens is 2. The highest BCUT2D eigenvalue weighted by molar-refractivity contribution is 6.12. The van der Waals surface area contributed by atoms with Crippen molar-refractivity contribution in [3.8, 4) is 134 Å². The highest BCUT2D eigenvalue weighted by Crippen LogP contribution is 2.47. The fraction of sp³-hybridized carbons (Fsp3) is 0. The lowest BCUT2D eigenvalue weighted by Crippen LogP contribution is -2.11. The molecule has 0 spiro atoms. The third-order valence-corrected chi connectivity index (χ3v) is 29.5. The molecule has 0 saturated carbocycles. The number of anilines is 6. The first-order valence-corrected chi connectivity index (χ1v) is 50.6. The second-order valence-corrected chi connectivity index (χ2v) is 38.2. The van der Waals surface area contributed by atoms with Crippen LogP contribution in [0.1, 0.15) is 0 Å². The number of benzene rings is 24. The fourth-order valence-electron chi connectivity index (χ4n) is 21.9. The molecule has 24 aromatic carbocycles. The topological polar surface area (TPSA) is 42.6 Å². The molecule has 4 aromatic heterocycles. The molecule has 0 radical (unpaired) electrons. The van der Waals surface area contributed by atoms with E-state index in [0.717, 1.165) is 156 Å². The second-order valence-electron chi connectivity index (χ2n) is 38.2. The van der Waals surface area contributed by atoms with Gasteiger partial charge in [-0.25, -0.2) is 0 Å². The Bertz CT molecular complexity index is 9720. The third-order valence-electron chi connectivity index (χ3n) is 29.5. The van der Waals surface area contributed by atoms with E-state index in [9.17, 15) is 0 Å². The normalized spacial score (nSPS) is 11.5. The molecule has 0 amide bonds. The molecule has 4 heterocycles. The van der Waals surface area contributed by atoms with E-state index in [-0.39, 0.29) is 0 Å². The highest BCUT2D eigenvalue weighted by atomic mass is 16.3. The molecule has 0 fully saturated rings. The van der Waals surface area contributed by atoms with E-state index in [0.29, 0.717) is 0 Å². The van der Waals surface area contributed by atoms with E-state index in [2.05, 4.69) is 565 Å². The molecule has 0 atom stereocenters. The molecule has 694 valence electrons. The monoisotopic (exact) mass is 1890 g/mol. The number of fused-ring (bicyclic) bond motifs is 13. The van der Waals surface area contributed by atoms with Crippen molar-refractivity contribution in [1.82, 2.24) is 9.13 Å². The van der Waals surface area contributed by atoms with Gasteiger partial charge in [-0.3, -0.25) is 0 Å². The lowest BCUT2D eigenvalue weighted by Gasteiger charge is -2.28. The average molecular weight is 1890 g/mol. The lowest BCUT2D eigenvalue weighted by atomic mass is 9.97. The molecule has 0 aliphatic carbocycles. The van der Waals surface area contributed by atoms with Crippen molar-refractivity contribution in [1.29, 1.82) is 0 Å².